The Balaban J connectivity index is 1.52. The van der Waals surface area contributed by atoms with Gasteiger partial charge in [-0.15, -0.1) is 0 Å². The number of hydrogen-bond donors (Lipinski definition) is 2. The number of aromatic amines is 1. The zero-order valence-electron chi connectivity index (χ0n) is 18.8. The van der Waals surface area contributed by atoms with Crippen LogP contribution in [0, 0.1) is 0 Å². The number of guanidine groups is 1. The maximum absolute atomic E-state index is 12.1. The lowest BCUT2D eigenvalue weighted by atomic mass is 9.96. The van der Waals surface area contributed by atoms with Crippen molar-refractivity contribution < 1.29 is 4.79 Å². The molecule has 3 rings (SSSR count). The standard InChI is InChI=1S/C22H34N8O/c1-28(2)20(31)16-24-22(23-12-7-13-29(3)19-8-5-4-6-9-19)30-14-10-18(11-15-30)21-25-17-26-27-21/h4-6,8-9,17-18H,7,10-16H2,1-3H3,(H,23,24)(H,25,26,27). The van der Waals surface area contributed by atoms with Crippen molar-refractivity contribution >= 4 is 17.6 Å². The Bertz CT molecular complexity index is 813. The topological polar surface area (TPSA) is 92.8 Å². The van der Waals surface area contributed by atoms with Crippen LogP contribution in [0.3, 0.4) is 0 Å². The summed E-state index contributed by atoms with van der Waals surface area (Å²) in [5.74, 6) is 2.16. The number of H-pyrrole nitrogens is 1. The molecule has 1 aliphatic rings. The van der Waals surface area contributed by atoms with Crippen molar-refractivity contribution in [3.63, 3.8) is 0 Å². The van der Waals surface area contributed by atoms with Crippen LogP contribution in [-0.4, -0.2) is 90.7 Å². The molecule has 2 aromatic rings. The number of piperidine rings is 1. The molecule has 9 nitrogen and oxygen atoms in total. The number of nitrogens with zero attached hydrogens (tertiary/aromatic N) is 6. The van der Waals surface area contributed by atoms with Crippen LogP contribution in [0.1, 0.15) is 31.0 Å². The Kier molecular flexibility index (Phi) is 8.26. The molecule has 0 unspecified atom stereocenters. The molecular weight excluding hydrogens is 392 g/mol. The molecule has 1 amide bonds. The van der Waals surface area contributed by atoms with E-state index in [1.165, 1.54) is 5.69 Å². The van der Waals surface area contributed by atoms with Gasteiger partial charge in [-0.25, -0.2) is 9.98 Å². The summed E-state index contributed by atoms with van der Waals surface area (Å²) in [7, 11) is 5.62. The molecule has 0 atom stereocenters. The van der Waals surface area contributed by atoms with Crippen LogP contribution in [0.5, 0.6) is 0 Å². The third kappa shape index (κ3) is 6.70. The van der Waals surface area contributed by atoms with Crippen molar-refractivity contribution in [2.75, 3.05) is 58.8 Å². The summed E-state index contributed by atoms with van der Waals surface area (Å²) < 4.78 is 0. The third-order valence-corrected chi connectivity index (χ3v) is 5.63. The molecule has 9 heteroatoms. The van der Waals surface area contributed by atoms with Crippen molar-refractivity contribution in [3.8, 4) is 0 Å². The number of para-hydroxylation sites is 1. The summed E-state index contributed by atoms with van der Waals surface area (Å²) in [5.41, 5.74) is 1.21. The number of nitrogens with one attached hydrogen (secondary N) is 2. The molecule has 0 spiro atoms. The van der Waals surface area contributed by atoms with Crippen LogP contribution in [0.15, 0.2) is 41.7 Å². The maximum Gasteiger partial charge on any atom is 0.243 e. The fourth-order valence-corrected chi connectivity index (χ4v) is 3.66. The molecule has 1 saturated heterocycles. The first-order chi connectivity index (χ1) is 15.0. The lowest BCUT2D eigenvalue weighted by Crippen LogP contribution is -2.46. The second kappa shape index (κ2) is 11.3. The summed E-state index contributed by atoms with van der Waals surface area (Å²) in [6, 6.07) is 10.4. The van der Waals surface area contributed by atoms with Crippen LogP contribution >= 0.6 is 0 Å². The number of amides is 1. The predicted molar refractivity (Wildman–Crippen MR) is 123 cm³/mol. The Morgan fingerprint density at radius 1 is 1.23 bits per heavy atom. The van der Waals surface area contributed by atoms with Gasteiger partial charge in [-0.3, -0.25) is 9.89 Å². The molecule has 168 valence electrons. The first kappa shape index (κ1) is 22.6. The summed E-state index contributed by atoms with van der Waals surface area (Å²) in [6.07, 6.45) is 4.50. The monoisotopic (exact) mass is 426 g/mol. The molecule has 2 N–H and O–H groups in total. The number of aliphatic imine (C=N–C) groups is 1. The van der Waals surface area contributed by atoms with Crippen molar-refractivity contribution in [3.05, 3.63) is 42.5 Å². The van der Waals surface area contributed by atoms with Crippen LogP contribution < -0.4 is 10.2 Å². The summed E-state index contributed by atoms with van der Waals surface area (Å²) in [5, 5.41) is 10.4. The maximum atomic E-state index is 12.1. The fourth-order valence-electron chi connectivity index (χ4n) is 3.66. The highest BCUT2D eigenvalue weighted by molar-refractivity contribution is 5.84. The normalized spacial score (nSPS) is 15.1. The zero-order chi connectivity index (χ0) is 22.1. The van der Waals surface area contributed by atoms with E-state index in [0.717, 1.165) is 57.2 Å². The van der Waals surface area contributed by atoms with Crippen LogP contribution in [0.4, 0.5) is 5.69 Å². The van der Waals surface area contributed by atoms with Gasteiger partial charge in [0.15, 0.2) is 5.96 Å². The second-order valence-corrected chi connectivity index (χ2v) is 8.10. The molecule has 0 radical (unpaired) electrons. The second-order valence-electron chi connectivity index (χ2n) is 8.10. The minimum atomic E-state index is -0.000318. The number of benzene rings is 1. The quantitative estimate of drug-likeness (QED) is 0.378. The Morgan fingerprint density at radius 3 is 2.61 bits per heavy atom. The first-order valence-electron chi connectivity index (χ1n) is 10.9. The summed E-state index contributed by atoms with van der Waals surface area (Å²) >= 11 is 0. The number of carbonyl (C=O) groups excluding carboxylic acids is 1. The number of likely N-dealkylation sites (N-methyl/N-ethyl adjacent to an activating group) is 1. The number of hydrogen-bond acceptors (Lipinski definition) is 5. The van der Waals surface area contributed by atoms with E-state index in [1.807, 2.05) is 6.07 Å². The molecule has 1 aliphatic heterocycles. The molecule has 1 aromatic heterocycles. The first-order valence-corrected chi connectivity index (χ1v) is 10.9. The molecule has 1 fully saturated rings. The van der Waals surface area contributed by atoms with Gasteiger partial charge in [0.25, 0.3) is 0 Å². The molecule has 31 heavy (non-hydrogen) atoms. The van der Waals surface area contributed by atoms with Gasteiger partial charge in [-0.2, -0.15) is 5.10 Å². The molecule has 1 aromatic carbocycles. The van der Waals surface area contributed by atoms with Gasteiger partial charge in [0.2, 0.25) is 5.91 Å². The van der Waals surface area contributed by atoms with Crippen molar-refractivity contribution in [2.24, 2.45) is 4.99 Å². The third-order valence-electron chi connectivity index (χ3n) is 5.63. The molecule has 2 heterocycles. The number of anilines is 1. The van der Waals surface area contributed by atoms with E-state index >= 15 is 0 Å². The van der Waals surface area contributed by atoms with E-state index in [4.69, 9.17) is 0 Å². The van der Waals surface area contributed by atoms with Gasteiger partial charge in [0.1, 0.15) is 18.7 Å². The van der Waals surface area contributed by atoms with Crippen molar-refractivity contribution in [1.29, 1.82) is 0 Å². The average Bonchev–Trinajstić information content (AvgIpc) is 3.34. The fraction of sp³-hybridized carbons (Fsp3) is 0.545. The van der Waals surface area contributed by atoms with Gasteiger partial charge >= 0.3 is 0 Å². The summed E-state index contributed by atoms with van der Waals surface area (Å²) in [6.45, 7) is 3.64. The van der Waals surface area contributed by atoms with E-state index in [0.29, 0.717) is 5.92 Å². The van der Waals surface area contributed by atoms with E-state index in [2.05, 4.69) is 66.6 Å². The molecule has 0 aliphatic carbocycles. The van der Waals surface area contributed by atoms with E-state index in [1.54, 1.807) is 25.3 Å². The van der Waals surface area contributed by atoms with Crippen molar-refractivity contribution in [2.45, 2.75) is 25.2 Å². The van der Waals surface area contributed by atoms with Gasteiger partial charge in [0, 0.05) is 58.9 Å². The van der Waals surface area contributed by atoms with Crippen molar-refractivity contribution in [1.82, 2.24) is 30.3 Å². The highest BCUT2D eigenvalue weighted by Gasteiger charge is 2.24. The van der Waals surface area contributed by atoms with Crippen LogP contribution in [-0.2, 0) is 4.79 Å². The number of likely N-dealkylation sites (tertiary alicyclic amines) is 1. The minimum Gasteiger partial charge on any atom is -0.375 e. The van der Waals surface area contributed by atoms with E-state index in [9.17, 15) is 4.79 Å². The number of carbonyl (C=O) groups is 1. The Labute approximate surface area is 184 Å². The lowest BCUT2D eigenvalue weighted by molar-refractivity contribution is -0.127. The highest BCUT2D eigenvalue weighted by Crippen LogP contribution is 2.24. The highest BCUT2D eigenvalue weighted by atomic mass is 16.2. The SMILES string of the molecule is CN(C)C(=O)CN=C(NCCCN(C)c1ccccc1)N1CCC(c2ncn[nH]2)CC1. The number of rotatable bonds is 8. The number of aromatic nitrogens is 3. The average molecular weight is 427 g/mol. The Hall–Kier alpha value is -3.10. The van der Waals surface area contributed by atoms with Crippen LogP contribution in [0.25, 0.3) is 0 Å². The Morgan fingerprint density at radius 2 is 1.97 bits per heavy atom. The molecular formula is C22H34N8O. The minimum absolute atomic E-state index is 0.000318. The van der Waals surface area contributed by atoms with Crippen LogP contribution in [0.2, 0.25) is 0 Å². The smallest absolute Gasteiger partial charge is 0.243 e. The van der Waals surface area contributed by atoms with E-state index < -0.39 is 0 Å². The van der Waals surface area contributed by atoms with Gasteiger partial charge in [0.05, 0.1) is 0 Å². The van der Waals surface area contributed by atoms with E-state index in [-0.39, 0.29) is 12.5 Å². The van der Waals surface area contributed by atoms with Gasteiger partial charge < -0.3 is 20.0 Å². The van der Waals surface area contributed by atoms with Gasteiger partial charge in [-0.05, 0) is 31.4 Å². The molecule has 0 bridgehead atoms. The largest absolute Gasteiger partial charge is 0.375 e. The predicted octanol–water partition coefficient (Wildman–Crippen LogP) is 1.54. The zero-order valence-corrected chi connectivity index (χ0v) is 18.8. The summed E-state index contributed by atoms with van der Waals surface area (Å²) in [4.78, 5) is 27.1. The molecule has 0 saturated carbocycles. The van der Waals surface area contributed by atoms with Gasteiger partial charge in [-0.1, -0.05) is 18.2 Å². The lowest BCUT2D eigenvalue weighted by Gasteiger charge is -2.33.